The van der Waals surface area contributed by atoms with Crippen LogP contribution in [0.1, 0.15) is 17.2 Å². The van der Waals surface area contributed by atoms with Crippen molar-refractivity contribution in [2.75, 3.05) is 13.1 Å². The van der Waals surface area contributed by atoms with Crippen molar-refractivity contribution >= 4 is 21.2 Å². The van der Waals surface area contributed by atoms with Gasteiger partial charge in [0, 0.05) is 23.9 Å². The van der Waals surface area contributed by atoms with E-state index in [4.69, 9.17) is 4.42 Å². The van der Waals surface area contributed by atoms with Gasteiger partial charge in [0.05, 0.1) is 23.0 Å². The van der Waals surface area contributed by atoms with Gasteiger partial charge in [-0.2, -0.15) is 0 Å². The summed E-state index contributed by atoms with van der Waals surface area (Å²) >= 11 is 1.68. The van der Waals surface area contributed by atoms with Crippen molar-refractivity contribution in [1.29, 1.82) is 0 Å². The average Bonchev–Trinajstić information content (AvgIpc) is 3.37. The van der Waals surface area contributed by atoms with E-state index in [1.54, 1.807) is 23.7 Å². The van der Waals surface area contributed by atoms with Crippen LogP contribution in [0.4, 0.5) is 0 Å². The van der Waals surface area contributed by atoms with Gasteiger partial charge >= 0.3 is 0 Å². The van der Waals surface area contributed by atoms with Crippen molar-refractivity contribution in [2.45, 2.75) is 22.6 Å². The molecule has 6 heteroatoms. The zero-order chi connectivity index (χ0) is 17.0. The number of fused-ring (bicyclic) bond motifs is 3. The van der Waals surface area contributed by atoms with Gasteiger partial charge in [0.2, 0.25) is 0 Å². The number of furan rings is 1. The zero-order valence-corrected chi connectivity index (χ0v) is 15.1. The molecule has 3 aromatic rings. The first-order valence-corrected chi connectivity index (χ1v) is 10.7. The van der Waals surface area contributed by atoms with E-state index in [9.17, 15) is 8.42 Å². The Balaban J connectivity index is 1.51. The second-order valence-electron chi connectivity index (χ2n) is 6.69. The van der Waals surface area contributed by atoms with Crippen LogP contribution in [0.5, 0.6) is 0 Å². The summed E-state index contributed by atoms with van der Waals surface area (Å²) in [5.41, 5.74) is 2.09. The molecule has 25 heavy (non-hydrogen) atoms. The van der Waals surface area contributed by atoms with Crippen molar-refractivity contribution in [2.24, 2.45) is 0 Å². The molecule has 1 saturated heterocycles. The van der Waals surface area contributed by atoms with E-state index in [2.05, 4.69) is 17.0 Å². The first-order valence-electron chi connectivity index (χ1n) is 8.29. The van der Waals surface area contributed by atoms with Crippen LogP contribution < -0.4 is 0 Å². The monoisotopic (exact) mass is 371 g/mol. The summed E-state index contributed by atoms with van der Waals surface area (Å²) in [6, 6.07) is 13.7. The largest absolute Gasteiger partial charge is 0.468 e. The Morgan fingerprint density at radius 3 is 2.84 bits per heavy atom. The maximum Gasteiger partial charge on any atom is 0.183 e. The molecule has 2 aliphatic heterocycles. The molecule has 0 saturated carbocycles. The number of likely N-dealkylation sites (tertiary alicyclic amines) is 1. The number of sulfone groups is 1. The van der Waals surface area contributed by atoms with Gasteiger partial charge in [-0.25, -0.2) is 8.42 Å². The van der Waals surface area contributed by atoms with Gasteiger partial charge in [-0.1, -0.05) is 12.1 Å². The van der Waals surface area contributed by atoms with Crippen LogP contribution in [0.15, 0.2) is 63.4 Å². The molecule has 0 aliphatic carbocycles. The fraction of sp³-hybridized carbons (Fsp3) is 0.263. The third kappa shape index (κ3) is 2.39. The van der Waals surface area contributed by atoms with E-state index in [-0.39, 0.29) is 11.2 Å². The molecule has 0 N–H and O–H groups in total. The van der Waals surface area contributed by atoms with Gasteiger partial charge in [-0.05, 0) is 46.8 Å². The van der Waals surface area contributed by atoms with E-state index in [1.807, 2.05) is 29.6 Å². The van der Waals surface area contributed by atoms with Crippen LogP contribution in [-0.2, 0) is 16.4 Å². The highest BCUT2D eigenvalue weighted by molar-refractivity contribution is 7.92. The lowest BCUT2D eigenvalue weighted by Crippen LogP contribution is -2.25. The maximum atomic E-state index is 13.0. The van der Waals surface area contributed by atoms with Crippen molar-refractivity contribution in [1.82, 2.24) is 4.90 Å². The summed E-state index contributed by atoms with van der Waals surface area (Å²) in [6.07, 6.45) is 1.66. The highest BCUT2D eigenvalue weighted by Gasteiger charge is 2.50. The summed E-state index contributed by atoms with van der Waals surface area (Å²) in [7, 11) is -3.25. The molecule has 5 rings (SSSR count). The number of rotatable bonds is 3. The van der Waals surface area contributed by atoms with Gasteiger partial charge in [0.15, 0.2) is 9.84 Å². The fourth-order valence-electron chi connectivity index (χ4n) is 4.07. The van der Waals surface area contributed by atoms with Crippen LogP contribution in [0.25, 0.3) is 10.4 Å². The summed E-state index contributed by atoms with van der Waals surface area (Å²) in [5, 5.41) is 1.71. The maximum absolute atomic E-state index is 13.0. The molecular formula is C19H17NO3S2. The van der Waals surface area contributed by atoms with E-state index >= 15 is 0 Å². The molecule has 0 unspecified atom stereocenters. The Bertz CT molecular complexity index is 1010. The Kier molecular flexibility index (Phi) is 3.42. The first kappa shape index (κ1) is 15.4. The molecule has 0 bridgehead atoms. The smallest absolute Gasteiger partial charge is 0.183 e. The summed E-state index contributed by atoms with van der Waals surface area (Å²) < 4.78 is 31.3. The second kappa shape index (κ2) is 5.56. The highest BCUT2D eigenvalue weighted by atomic mass is 32.2. The molecule has 128 valence electrons. The van der Waals surface area contributed by atoms with Gasteiger partial charge in [-0.15, -0.1) is 11.3 Å². The quantitative estimate of drug-likeness (QED) is 0.703. The summed E-state index contributed by atoms with van der Waals surface area (Å²) in [4.78, 5) is 3.89. The normalized spacial score (nSPS) is 24.3. The van der Waals surface area contributed by atoms with Crippen LogP contribution >= 0.6 is 11.3 Å². The lowest BCUT2D eigenvalue weighted by atomic mass is 9.96. The lowest BCUT2D eigenvalue weighted by Gasteiger charge is -2.16. The zero-order valence-electron chi connectivity index (χ0n) is 13.5. The van der Waals surface area contributed by atoms with Crippen molar-refractivity contribution in [3.8, 4) is 10.4 Å². The molecule has 2 atom stereocenters. The average molecular weight is 371 g/mol. The number of nitrogens with zero attached hydrogens (tertiary/aromatic N) is 1. The van der Waals surface area contributed by atoms with Gasteiger partial charge in [0.25, 0.3) is 0 Å². The molecule has 2 aromatic heterocycles. The summed E-state index contributed by atoms with van der Waals surface area (Å²) in [5.74, 6) is 0.930. The first-order chi connectivity index (χ1) is 12.1. The summed E-state index contributed by atoms with van der Waals surface area (Å²) in [6.45, 7) is 1.98. The minimum Gasteiger partial charge on any atom is -0.468 e. The predicted molar refractivity (Wildman–Crippen MR) is 97.5 cm³/mol. The Morgan fingerprint density at radius 1 is 1.16 bits per heavy atom. The van der Waals surface area contributed by atoms with Gasteiger partial charge in [0.1, 0.15) is 5.76 Å². The van der Waals surface area contributed by atoms with Crippen molar-refractivity contribution in [3.63, 3.8) is 0 Å². The molecule has 4 heterocycles. The molecule has 0 spiro atoms. The predicted octanol–water partition coefficient (Wildman–Crippen LogP) is 3.76. The Morgan fingerprint density at radius 2 is 2.08 bits per heavy atom. The van der Waals surface area contributed by atoms with E-state index < -0.39 is 9.84 Å². The van der Waals surface area contributed by atoms with Crippen LogP contribution in [0, 0.1) is 0 Å². The van der Waals surface area contributed by atoms with Crippen LogP contribution in [-0.4, -0.2) is 31.7 Å². The molecule has 1 aromatic carbocycles. The molecule has 0 amide bonds. The SMILES string of the molecule is O=S1(=O)c2ccc(-c3cccs3)cc2[C@@H]2CN(Cc3ccco3)C[C@@H]21. The minimum atomic E-state index is -3.25. The number of thiophene rings is 1. The van der Waals surface area contributed by atoms with E-state index in [0.717, 1.165) is 23.4 Å². The van der Waals surface area contributed by atoms with Crippen molar-refractivity contribution in [3.05, 3.63) is 65.4 Å². The third-order valence-corrected chi connectivity index (χ3v) is 8.40. The molecule has 4 nitrogen and oxygen atoms in total. The van der Waals surface area contributed by atoms with Gasteiger partial charge in [-0.3, -0.25) is 4.90 Å². The Hall–Kier alpha value is -1.89. The molecular weight excluding hydrogens is 354 g/mol. The Labute approximate surface area is 150 Å². The van der Waals surface area contributed by atoms with Crippen molar-refractivity contribution < 1.29 is 12.8 Å². The lowest BCUT2D eigenvalue weighted by molar-refractivity contribution is 0.293. The third-order valence-electron chi connectivity index (χ3n) is 5.22. The van der Waals surface area contributed by atoms with Crippen LogP contribution in [0.3, 0.4) is 0 Å². The number of hydrogen-bond acceptors (Lipinski definition) is 5. The van der Waals surface area contributed by atoms with E-state index in [1.165, 1.54) is 4.88 Å². The van der Waals surface area contributed by atoms with Crippen LogP contribution in [0.2, 0.25) is 0 Å². The number of hydrogen-bond donors (Lipinski definition) is 0. The molecule has 0 radical (unpaired) electrons. The molecule has 2 aliphatic rings. The fourth-order valence-corrected chi connectivity index (χ4v) is 6.99. The minimum absolute atomic E-state index is 0.0508. The van der Waals surface area contributed by atoms with Gasteiger partial charge < -0.3 is 4.42 Å². The second-order valence-corrected chi connectivity index (χ2v) is 9.78. The topological polar surface area (TPSA) is 50.5 Å². The standard InChI is InChI=1S/C19H17NO3S2/c21-25(22)18-6-5-13(17-4-2-8-24-17)9-15(18)16-11-20(12-19(16)25)10-14-3-1-7-23-14/h1-9,16,19H,10-12H2/t16-,19-/m0/s1. The highest BCUT2D eigenvalue weighted by Crippen LogP contribution is 2.46. The number of benzene rings is 1. The van der Waals surface area contributed by atoms with E-state index in [0.29, 0.717) is 18.0 Å². The molecule has 1 fully saturated rings.